The molecule has 1 heterocycles. The fourth-order valence-corrected chi connectivity index (χ4v) is 1.58. The number of amides is 1. The maximum Gasteiger partial charge on any atom is 0.337 e. The summed E-state index contributed by atoms with van der Waals surface area (Å²) in [7, 11) is 3.41. The van der Waals surface area contributed by atoms with Crippen LogP contribution < -0.4 is 10.2 Å². The summed E-state index contributed by atoms with van der Waals surface area (Å²) in [6, 6.07) is 1.57. The van der Waals surface area contributed by atoms with Crippen molar-refractivity contribution in [2.24, 2.45) is 0 Å². The normalized spacial score (nSPS) is 9.94. The van der Waals surface area contributed by atoms with Crippen molar-refractivity contribution < 1.29 is 14.7 Å². The molecule has 98 valence electrons. The average molecular weight is 251 g/mol. The highest BCUT2D eigenvalue weighted by atomic mass is 16.4. The number of rotatable bonds is 5. The number of anilines is 1. The summed E-state index contributed by atoms with van der Waals surface area (Å²) in [5.41, 5.74) is 0.935. The Morgan fingerprint density at radius 3 is 2.67 bits per heavy atom. The van der Waals surface area contributed by atoms with E-state index in [9.17, 15) is 9.59 Å². The molecule has 6 nitrogen and oxygen atoms in total. The van der Waals surface area contributed by atoms with Gasteiger partial charge in [-0.2, -0.15) is 0 Å². The second-order valence-corrected chi connectivity index (χ2v) is 4.01. The molecule has 0 bridgehead atoms. The van der Waals surface area contributed by atoms with Gasteiger partial charge in [0.2, 0.25) is 5.91 Å². The first-order valence-corrected chi connectivity index (χ1v) is 5.57. The third-order valence-corrected chi connectivity index (χ3v) is 2.61. The summed E-state index contributed by atoms with van der Waals surface area (Å²) in [5, 5.41) is 11.4. The van der Waals surface area contributed by atoms with E-state index in [2.05, 4.69) is 10.3 Å². The number of aromatic carboxylic acids is 1. The second kappa shape index (κ2) is 6.00. The molecule has 0 aromatic carbocycles. The summed E-state index contributed by atoms with van der Waals surface area (Å²) >= 11 is 0. The number of carbonyl (C=O) groups is 2. The van der Waals surface area contributed by atoms with E-state index in [1.54, 1.807) is 20.0 Å². The monoisotopic (exact) mass is 251 g/mol. The first kappa shape index (κ1) is 14.0. The zero-order valence-corrected chi connectivity index (χ0v) is 10.7. The lowest BCUT2D eigenvalue weighted by Gasteiger charge is -2.19. The fraction of sp³-hybridized carbons (Fsp3) is 0.417. The molecular weight excluding hydrogens is 234 g/mol. The van der Waals surface area contributed by atoms with Crippen LogP contribution in [0, 0.1) is 6.92 Å². The number of aryl methyl sites for hydroxylation is 1. The van der Waals surface area contributed by atoms with Crippen LogP contribution in [0.5, 0.6) is 0 Å². The van der Waals surface area contributed by atoms with Crippen LogP contribution in [0.25, 0.3) is 0 Å². The van der Waals surface area contributed by atoms with E-state index in [1.165, 1.54) is 6.20 Å². The maximum atomic E-state index is 11.1. The van der Waals surface area contributed by atoms with E-state index in [4.69, 9.17) is 5.11 Å². The third kappa shape index (κ3) is 3.44. The van der Waals surface area contributed by atoms with Gasteiger partial charge in [-0.25, -0.2) is 9.78 Å². The van der Waals surface area contributed by atoms with Crippen molar-refractivity contribution in [3.05, 3.63) is 23.4 Å². The van der Waals surface area contributed by atoms with Crippen molar-refractivity contribution in [3.8, 4) is 0 Å². The van der Waals surface area contributed by atoms with Crippen LogP contribution in [-0.2, 0) is 4.79 Å². The molecule has 0 atom stereocenters. The highest BCUT2D eigenvalue weighted by Crippen LogP contribution is 2.16. The van der Waals surface area contributed by atoms with Crippen LogP contribution in [0.3, 0.4) is 0 Å². The number of carbonyl (C=O) groups excluding carboxylic acids is 1. The van der Waals surface area contributed by atoms with E-state index in [0.29, 0.717) is 18.8 Å². The molecule has 1 aromatic rings. The molecular formula is C12H17N3O3. The standard InChI is InChI=1S/C12H17N3O3/c1-8-6-9(12(17)18)7-14-11(8)15(3)5-4-10(16)13-2/h6-7H,4-5H2,1-3H3,(H,13,16)(H,17,18). The Kier molecular flexibility index (Phi) is 4.65. The Morgan fingerprint density at radius 2 is 2.17 bits per heavy atom. The summed E-state index contributed by atoms with van der Waals surface area (Å²) in [6.45, 7) is 2.32. The number of hydrogen-bond acceptors (Lipinski definition) is 4. The Balaban J connectivity index is 2.77. The molecule has 1 rings (SSSR count). The smallest absolute Gasteiger partial charge is 0.337 e. The van der Waals surface area contributed by atoms with Gasteiger partial charge in [0.25, 0.3) is 0 Å². The topological polar surface area (TPSA) is 82.5 Å². The zero-order valence-electron chi connectivity index (χ0n) is 10.7. The van der Waals surface area contributed by atoms with Crippen LogP contribution in [0.15, 0.2) is 12.3 Å². The molecule has 0 aliphatic heterocycles. The molecule has 6 heteroatoms. The fourth-order valence-electron chi connectivity index (χ4n) is 1.58. The van der Waals surface area contributed by atoms with Gasteiger partial charge in [-0.3, -0.25) is 4.79 Å². The number of nitrogens with one attached hydrogen (secondary N) is 1. The van der Waals surface area contributed by atoms with Crippen molar-refractivity contribution in [2.75, 3.05) is 25.5 Å². The van der Waals surface area contributed by atoms with Gasteiger partial charge in [0.15, 0.2) is 0 Å². The molecule has 0 aliphatic rings. The Bertz CT molecular complexity index is 460. The minimum Gasteiger partial charge on any atom is -0.478 e. The van der Waals surface area contributed by atoms with Gasteiger partial charge in [-0.1, -0.05) is 0 Å². The highest BCUT2D eigenvalue weighted by Gasteiger charge is 2.11. The van der Waals surface area contributed by atoms with Crippen molar-refractivity contribution in [2.45, 2.75) is 13.3 Å². The number of hydrogen-bond donors (Lipinski definition) is 2. The van der Waals surface area contributed by atoms with Crippen LogP contribution >= 0.6 is 0 Å². The number of pyridine rings is 1. The van der Waals surface area contributed by atoms with Gasteiger partial charge in [-0.05, 0) is 18.6 Å². The van der Waals surface area contributed by atoms with Crippen molar-refractivity contribution >= 4 is 17.7 Å². The molecule has 0 unspecified atom stereocenters. The number of nitrogens with zero attached hydrogens (tertiary/aromatic N) is 2. The van der Waals surface area contributed by atoms with Crippen molar-refractivity contribution in [1.29, 1.82) is 0 Å². The predicted molar refractivity (Wildman–Crippen MR) is 67.9 cm³/mol. The van der Waals surface area contributed by atoms with Crippen LogP contribution in [-0.4, -0.2) is 42.6 Å². The van der Waals surface area contributed by atoms with Crippen LogP contribution in [0.2, 0.25) is 0 Å². The minimum absolute atomic E-state index is 0.0401. The number of aromatic nitrogens is 1. The molecule has 0 aliphatic carbocycles. The summed E-state index contributed by atoms with van der Waals surface area (Å²) in [5.74, 6) is -0.351. The number of carboxylic acid groups (broad SMARTS) is 1. The summed E-state index contributed by atoms with van der Waals surface area (Å²) in [6.07, 6.45) is 1.69. The molecule has 18 heavy (non-hydrogen) atoms. The molecule has 0 fully saturated rings. The molecule has 2 N–H and O–H groups in total. The van der Waals surface area contributed by atoms with Gasteiger partial charge in [-0.15, -0.1) is 0 Å². The molecule has 0 radical (unpaired) electrons. The first-order valence-electron chi connectivity index (χ1n) is 5.57. The summed E-state index contributed by atoms with van der Waals surface area (Å²) < 4.78 is 0. The molecule has 0 saturated heterocycles. The Hall–Kier alpha value is -2.11. The lowest BCUT2D eigenvalue weighted by atomic mass is 10.2. The Labute approximate surface area is 106 Å². The largest absolute Gasteiger partial charge is 0.478 e. The van der Waals surface area contributed by atoms with E-state index >= 15 is 0 Å². The zero-order chi connectivity index (χ0) is 13.7. The lowest BCUT2D eigenvalue weighted by molar-refractivity contribution is -0.120. The highest BCUT2D eigenvalue weighted by molar-refractivity contribution is 5.87. The van der Waals surface area contributed by atoms with Crippen LogP contribution in [0.1, 0.15) is 22.3 Å². The van der Waals surface area contributed by atoms with Gasteiger partial charge in [0.05, 0.1) is 5.56 Å². The minimum atomic E-state index is -0.995. The average Bonchev–Trinajstić information content (AvgIpc) is 2.35. The number of carboxylic acids is 1. The molecule has 0 spiro atoms. The third-order valence-electron chi connectivity index (χ3n) is 2.61. The predicted octanol–water partition coefficient (Wildman–Crippen LogP) is 0.661. The molecule has 1 aromatic heterocycles. The Morgan fingerprint density at radius 1 is 1.50 bits per heavy atom. The van der Waals surface area contributed by atoms with Gasteiger partial charge in [0.1, 0.15) is 5.82 Å². The van der Waals surface area contributed by atoms with Crippen molar-refractivity contribution in [1.82, 2.24) is 10.3 Å². The molecule has 0 saturated carbocycles. The van der Waals surface area contributed by atoms with Gasteiger partial charge >= 0.3 is 5.97 Å². The molecule has 1 amide bonds. The van der Waals surface area contributed by atoms with Crippen LogP contribution in [0.4, 0.5) is 5.82 Å². The quantitative estimate of drug-likeness (QED) is 0.803. The van der Waals surface area contributed by atoms with E-state index in [0.717, 1.165) is 5.56 Å². The van der Waals surface area contributed by atoms with E-state index < -0.39 is 5.97 Å². The summed E-state index contributed by atoms with van der Waals surface area (Å²) in [4.78, 5) is 27.9. The maximum absolute atomic E-state index is 11.1. The van der Waals surface area contributed by atoms with Crippen molar-refractivity contribution in [3.63, 3.8) is 0 Å². The SMILES string of the molecule is CNC(=O)CCN(C)c1ncc(C(=O)O)cc1C. The van der Waals surface area contributed by atoms with Gasteiger partial charge < -0.3 is 15.3 Å². The second-order valence-electron chi connectivity index (χ2n) is 4.01. The van der Waals surface area contributed by atoms with E-state index in [1.807, 2.05) is 11.9 Å². The first-order chi connectivity index (χ1) is 8.45. The van der Waals surface area contributed by atoms with E-state index in [-0.39, 0.29) is 11.5 Å². The lowest BCUT2D eigenvalue weighted by Crippen LogP contribution is -2.27. The van der Waals surface area contributed by atoms with Gasteiger partial charge in [0, 0.05) is 33.3 Å².